The third-order valence-corrected chi connectivity index (χ3v) is 3.87. The highest BCUT2D eigenvalue weighted by atomic mass is 19.4. The van der Waals surface area contributed by atoms with Gasteiger partial charge >= 0.3 is 6.36 Å². The van der Waals surface area contributed by atoms with Gasteiger partial charge in [0.25, 0.3) is 0 Å². The van der Waals surface area contributed by atoms with E-state index in [2.05, 4.69) is 15.0 Å². The lowest BCUT2D eigenvalue weighted by molar-refractivity contribution is -0.274. The first kappa shape index (κ1) is 16.2. The average molecular weight is 335 g/mol. The summed E-state index contributed by atoms with van der Waals surface area (Å²) in [6, 6.07) is 13.4. The molecule has 1 aliphatic rings. The zero-order valence-corrected chi connectivity index (χ0v) is 12.9. The lowest BCUT2D eigenvalue weighted by Gasteiger charge is -2.25. The summed E-state index contributed by atoms with van der Waals surface area (Å²) in [6.45, 7) is 2.47. The van der Waals surface area contributed by atoms with Gasteiger partial charge in [-0.25, -0.2) is 0 Å². The number of hydrogen-bond acceptors (Lipinski definition) is 4. The van der Waals surface area contributed by atoms with E-state index in [9.17, 15) is 13.2 Å². The van der Waals surface area contributed by atoms with E-state index in [-0.39, 0.29) is 5.75 Å². The van der Waals surface area contributed by atoms with Crippen LogP contribution in [0.4, 0.5) is 13.2 Å². The molecule has 0 aromatic heterocycles. The van der Waals surface area contributed by atoms with Crippen LogP contribution in [0.1, 0.15) is 12.5 Å². The molecule has 0 amide bonds. The second-order valence-corrected chi connectivity index (χ2v) is 5.82. The minimum atomic E-state index is -4.71. The van der Waals surface area contributed by atoms with Gasteiger partial charge in [-0.05, 0) is 41.8 Å². The van der Waals surface area contributed by atoms with Crippen LogP contribution in [0.2, 0.25) is 0 Å². The number of ether oxygens (including phenoxy) is 1. The minimum Gasteiger partial charge on any atom is -0.406 e. The average Bonchev–Trinajstić information content (AvgIpc) is 2.87. The fraction of sp³-hybridized carbons (Fsp3) is 0.235. The van der Waals surface area contributed by atoms with Gasteiger partial charge in [0.2, 0.25) is 0 Å². The molecule has 0 saturated heterocycles. The van der Waals surface area contributed by atoms with E-state index in [1.54, 1.807) is 6.07 Å². The maximum Gasteiger partial charge on any atom is 0.573 e. The van der Waals surface area contributed by atoms with Crippen LogP contribution in [-0.2, 0) is 5.54 Å². The largest absolute Gasteiger partial charge is 0.573 e. The van der Waals surface area contributed by atoms with Crippen LogP contribution >= 0.6 is 0 Å². The highest BCUT2D eigenvalue weighted by Gasteiger charge is 2.32. The van der Waals surface area contributed by atoms with Gasteiger partial charge in [0.15, 0.2) is 5.96 Å². The quantitative estimate of drug-likeness (QED) is 0.904. The smallest absolute Gasteiger partial charge is 0.406 e. The van der Waals surface area contributed by atoms with Crippen molar-refractivity contribution in [2.75, 3.05) is 6.54 Å². The van der Waals surface area contributed by atoms with E-state index < -0.39 is 11.9 Å². The third kappa shape index (κ3) is 3.45. The molecule has 3 N–H and O–H groups in total. The lowest BCUT2D eigenvalue weighted by atomic mass is 9.90. The number of nitrogens with one attached hydrogen (secondary N) is 1. The first-order valence-corrected chi connectivity index (χ1v) is 7.30. The molecule has 1 heterocycles. The number of guanidine groups is 1. The molecule has 1 atom stereocenters. The van der Waals surface area contributed by atoms with Crippen LogP contribution in [0.25, 0.3) is 11.1 Å². The summed E-state index contributed by atoms with van der Waals surface area (Å²) in [5.74, 6) is 0.131. The molecule has 126 valence electrons. The summed E-state index contributed by atoms with van der Waals surface area (Å²) in [5.41, 5.74) is 7.63. The number of hydrogen-bond donors (Lipinski definition) is 2. The van der Waals surface area contributed by atoms with E-state index in [1.807, 2.05) is 31.2 Å². The Morgan fingerprint density at radius 3 is 2.42 bits per heavy atom. The number of alkyl halides is 3. The van der Waals surface area contributed by atoms with E-state index in [0.29, 0.717) is 18.1 Å². The van der Waals surface area contributed by atoms with Gasteiger partial charge in [0, 0.05) is 0 Å². The topological polar surface area (TPSA) is 59.6 Å². The van der Waals surface area contributed by atoms with Crippen LogP contribution in [-0.4, -0.2) is 18.9 Å². The van der Waals surface area contributed by atoms with Crippen LogP contribution in [0.5, 0.6) is 5.75 Å². The Hall–Kier alpha value is -2.70. The zero-order chi connectivity index (χ0) is 17.4. The van der Waals surface area contributed by atoms with E-state index >= 15 is 0 Å². The highest BCUT2D eigenvalue weighted by Crippen LogP contribution is 2.31. The Morgan fingerprint density at radius 1 is 1.12 bits per heavy atom. The summed E-state index contributed by atoms with van der Waals surface area (Å²) < 4.78 is 41.1. The molecule has 4 nitrogen and oxygen atoms in total. The molecular formula is C17H16F3N3O. The van der Waals surface area contributed by atoms with Gasteiger partial charge in [0.05, 0.1) is 12.1 Å². The Bertz CT molecular complexity index is 789. The van der Waals surface area contributed by atoms with Crippen molar-refractivity contribution in [3.05, 3.63) is 54.1 Å². The molecule has 1 unspecified atom stereocenters. The van der Waals surface area contributed by atoms with Crippen molar-refractivity contribution in [2.45, 2.75) is 18.8 Å². The number of nitrogens with two attached hydrogens (primary N) is 1. The molecule has 7 heteroatoms. The van der Waals surface area contributed by atoms with E-state index in [1.165, 1.54) is 18.2 Å². The van der Waals surface area contributed by atoms with Crippen molar-refractivity contribution in [3.8, 4) is 16.9 Å². The number of nitrogens with zero attached hydrogens (tertiary/aromatic N) is 1. The monoisotopic (exact) mass is 335 g/mol. The summed E-state index contributed by atoms with van der Waals surface area (Å²) in [4.78, 5) is 4.16. The summed E-state index contributed by atoms with van der Waals surface area (Å²) >= 11 is 0. The summed E-state index contributed by atoms with van der Waals surface area (Å²) in [6.07, 6.45) is -4.71. The number of aliphatic imine (C=N–C) groups is 1. The molecule has 0 spiro atoms. The second-order valence-electron chi connectivity index (χ2n) is 5.82. The maximum absolute atomic E-state index is 12.4. The van der Waals surface area contributed by atoms with Crippen LogP contribution in [0, 0.1) is 0 Å². The molecule has 0 bridgehead atoms. The number of benzene rings is 2. The van der Waals surface area contributed by atoms with Gasteiger partial charge in [-0.15, -0.1) is 13.2 Å². The molecule has 1 aliphatic heterocycles. The van der Waals surface area contributed by atoms with Crippen molar-refractivity contribution in [1.82, 2.24) is 5.32 Å². The molecule has 3 rings (SSSR count). The summed E-state index contributed by atoms with van der Waals surface area (Å²) in [7, 11) is 0. The van der Waals surface area contributed by atoms with Gasteiger partial charge in [0.1, 0.15) is 5.75 Å². The Balaban J connectivity index is 1.91. The molecular weight excluding hydrogens is 319 g/mol. The maximum atomic E-state index is 12.4. The van der Waals surface area contributed by atoms with Crippen molar-refractivity contribution in [2.24, 2.45) is 10.7 Å². The Labute approximate surface area is 137 Å². The molecule has 0 fully saturated rings. The lowest BCUT2D eigenvalue weighted by Crippen LogP contribution is -2.42. The Morgan fingerprint density at radius 2 is 1.79 bits per heavy atom. The van der Waals surface area contributed by atoms with Gasteiger partial charge in [-0.1, -0.05) is 30.3 Å². The first-order valence-electron chi connectivity index (χ1n) is 7.30. The van der Waals surface area contributed by atoms with E-state index in [4.69, 9.17) is 5.73 Å². The van der Waals surface area contributed by atoms with Crippen LogP contribution in [0.15, 0.2) is 53.5 Å². The van der Waals surface area contributed by atoms with Crippen molar-refractivity contribution in [3.63, 3.8) is 0 Å². The normalized spacial score (nSPS) is 20.4. The molecule has 0 aliphatic carbocycles. The zero-order valence-electron chi connectivity index (χ0n) is 12.9. The number of rotatable bonds is 3. The van der Waals surface area contributed by atoms with Gasteiger partial charge < -0.3 is 15.8 Å². The summed E-state index contributed by atoms with van der Waals surface area (Å²) in [5, 5.41) is 3.12. The van der Waals surface area contributed by atoms with E-state index in [0.717, 1.165) is 11.1 Å². The van der Waals surface area contributed by atoms with Gasteiger partial charge in [-0.3, -0.25) is 4.99 Å². The molecule has 0 saturated carbocycles. The predicted octanol–water partition coefficient (Wildman–Crippen LogP) is 3.39. The standard InChI is InChI=1S/C17H16F3N3O/c1-16(10-22-15(21)23-16)13-6-2-4-11(8-13)12-5-3-7-14(9-12)24-17(18,19)20/h2-9H,10H2,1H3,(H3,21,22,23). The third-order valence-electron chi connectivity index (χ3n) is 3.87. The Kier molecular flexibility index (Phi) is 3.87. The van der Waals surface area contributed by atoms with Crippen molar-refractivity contribution < 1.29 is 17.9 Å². The van der Waals surface area contributed by atoms with Crippen molar-refractivity contribution in [1.29, 1.82) is 0 Å². The second kappa shape index (κ2) is 5.74. The van der Waals surface area contributed by atoms with Gasteiger partial charge in [-0.2, -0.15) is 0 Å². The van der Waals surface area contributed by atoms with Crippen LogP contribution < -0.4 is 15.8 Å². The molecule has 24 heavy (non-hydrogen) atoms. The molecule has 2 aromatic carbocycles. The minimum absolute atomic E-state index is 0.247. The molecule has 0 radical (unpaired) electrons. The number of halogens is 3. The predicted molar refractivity (Wildman–Crippen MR) is 85.5 cm³/mol. The van der Waals surface area contributed by atoms with Crippen molar-refractivity contribution >= 4 is 5.96 Å². The van der Waals surface area contributed by atoms with Crippen LogP contribution in [0.3, 0.4) is 0 Å². The fourth-order valence-electron chi connectivity index (χ4n) is 2.68. The SMILES string of the molecule is CC1(c2cccc(-c3cccc(OC(F)(F)F)c3)c2)CN=C(N)N1. The first-order chi connectivity index (χ1) is 11.3. The molecule has 2 aromatic rings. The highest BCUT2D eigenvalue weighted by molar-refractivity contribution is 5.81. The fourth-order valence-corrected chi connectivity index (χ4v) is 2.68.